The van der Waals surface area contributed by atoms with Crippen molar-refractivity contribution in [2.24, 2.45) is 0 Å². The lowest BCUT2D eigenvalue weighted by Gasteiger charge is -2.26. The Morgan fingerprint density at radius 3 is 2.73 bits per heavy atom. The molecular weight excluding hydrogens is 210 g/mol. The maximum Gasteiger partial charge on any atom is 0.137 e. The molecule has 15 heavy (non-hydrogen) atoms. The molecule has 0 saturated carbocycles. The Kier molecular flexibility index (Phi) is 4.33. The first kappa shape index (κ1) is 12.2. The third kappa shape index (κ3) is 2.81. The van der Waals surface area contributed by atoms with Gasteiger partial charge in [-0.3, -0.25) is 0 Å². The molecule has 1 heterocycles. The van der Waals surface area contributed by atoms with E-state index in [4.69, 9.17) is 11.6 Å². The van der Waals surface area contributed by atoms with Gasteiger partial charge in [0.1, 0.15) is 17.3 Å². The van der Waals surface area contributed by atoms with Gasteiger partial charge in [0.15, 0.2) is 0 Å². The molecule has 84 valence electrons. The van der Waals surface area contributed by atoms with Crippen molar-refractivity contribution in [3.63, 3.8) is 0 Å². The SMILES string of the molecule is CCCC(C)N(C)c1ncnc(Cl)c1C. The normalized spacial score (nSPS) is 12.6. The van der Waals surface area contributed by atoms with E-state index in [1.165, 1.54) is 12.7 Å². The second-order valence-corrected chi connectivity index (χ2v) is 4.22. The summed E-state index contributed by atoms with van der Waals surface area (Å²) in [4.78, 5) is 10.4. The van der Waals surface area contributed by atoms with Crippen LogP contribution >= 0.6 is 11.6 Å². The van der Waals surface area contributed by atoms with Crippen molar-refractivity contribution in [1.29, 1.82) is 0 Å². The summed E-state index contributed by atoms with van der Waals surface area (Å²) in [6.45, 7) is 6.33. The van der Waals surface area contributed by atoms with Crippen LogP contribution in [0.3, 0.4) is 0 Å². The average Bonchev–Trinajstić information content (AvgIpc) is 2.21. The molecule has 0 aromatic carbocycles. The Labute approximate surface area is 96.5 Å². The lowest BCUT2D eigenvalue weighted by molar-refractivity contribution is 0.609. The molecule has 1 rings (SSSR count). The van der Waals surface area contributed by atoms with Gasteiger partial charge in [0.05, 0.1) is 0 Å². The summed E-state index contributed by atoms with van der Waals surface area (Å²) in [6.07, 6.45) is 3.83. The highest BCUT2D eigenvalue weighted by molar-refractivity contribution is 6.30. The molecule has 1 atom stereocenters. The predicted molar refractivity (Wildman–Crippen MR) is 64.6 cm³/mol. The molecule has 0 saturated heterocycles. The Balaban J connectivity index is 2.90. The van der Waals surface area contributed by atoms with Crippen LogP contribution in [0.4, 0.5) is 5.82 Å². The predicted octanol–water partition coefficient (Wildman–Crippen LogP) is 3.06. The molecule has 0 fully saturated rings. The van der Waals surface area contributed by atoms with Gasteiger partial charge in [0.2, 0.25) is 0 Å². The highest BCUT2D eigenvalue weighted by Gasteiger charge is 2.14. The van der Waals surface area contributed by atoms with Gasteiger partial charge >= 0.3 is 0 Å². The summed E-state index contributed by atoms with van der Waals surface area (Å²) in [5.41, 5.74) is 0.949. The van der Waals surface area contributed by atoms with Crippen LogP contribution in [0.1, 0.15) is 32.3 Å². The molecule has 0 amide bonds. The Morgan fingerprint density at radius 1 is 1.47 bits per heavy atom. The smallest absolute Gasteiger partial charge is 0.137 e. The van der Waals surface area contributed by atoms with E-state index in [0.717, 1.165) is 17.8 Å². The van der Waals surface area contributed by atoms with Gasteiger partial charge < -0.3 is 4.90 Å². The number of nitrogens with zero attached hydrogens (tertiary/aromatic N) is 3. The van der Waals surface area contributed by atoms with E-state index in [1.807, 2.05) is 14.0 Å². The van der Waals surface area contributed by atoms with E-state index in [-0.39, 0.29) is 0 Å². The van der Waals surface area contributed by atoms with Crippen LogP contribution in [0.2, 0.25) is 5.15 Å². The second kappa shape index (κ2) is 5.31. The van der Waals surface area contributed by atoms with E-state index in [1.54, 1.807) is 0 Å². The summed E-state index contributed by atoms with van der Waals surface area (Å²) < 4.78 is 0. The zero-order chi connectivity index (χ0) is 11.4. The second-order valence-electron chi connectivity index (χ2n) is 3.86. The van der Waals surface area contributed by atoms with Crippen molar-refractivity contribution >= 4 is 17.4 Å². The van der Waals surface area contributed by atoms with Crippen LogP contribution in [0.5, 0.6) is 0 Å². The first-order valence-electron chi connectivity index (χ1n) is 5.27. The largest absolute Gasteiger partial charge is 0.357 e. The average molecular weight is 228 g/mol. The molecular formula is C11H18ClN3. The molecule has 0 aliphatic carbocycles. The molecule has 3 nitrogen and oxygen atoms in total. The van der Waals surface area contributed by atoms with Crippen molar-refractivity contribution in [2.45, 2.75) is 39.7 Å². The van der Waals surface area contributed by atoms with E-state index in [9.17, 15) is 0 Å². The fourth-order valence-electron chi connectivity index (χ4n) is 1.60. The monoisotopic (exact) mass is 227 g/mol. The maximum absolute atomic E-state index is 5.96. The summed E-state index contributed by atoms with van der Waals surface area (Å²) in [5.74, 6) is 0.927. The summed E-state index contributed by atoms with van der Waals surface area (Å²) in [7, 11) is 2.05. The number of halogens is 1. The van der Waals surface area contributed by atoms with Gasteiger partial charge in [-0.15, -0.1) is 0 Å². The lowest BCUT2D eigenvalue weighted by Crippen LogP contribution is -2.30. The fourth-order valence-corrected chi connectivity index (χ4v) is 1.72. The van der Waals surface area contributed by atoms with E-state index >= 15 is 0 Å². The molecule has 4 heteroatoms. The Bertz CT molecular complexity index is 328. The number of rotatable bonds is 4. The van der Waals surface area contributed by atoms with Gasteiger partial charge in [-0.1, -0.05) is 24.9 Å². The first-order chi connectivity index (χ1) is 7.07. The molecule has 1 aromatic rings. The zero-order valence-corrected chi connectivity index (χ0v) is 10.5. The minimum absolute atomic E-state index is 0.472. The molecule has 0 radical (unpaired) electrons. The zero-order valence-electron chi connectivity index (χ0n) is 9.79. The minimum Gasteiger partial charge on any atom is -0.357 e. The van der Waals surface area contributed by atoms with Crippen LogP contribution in [0, 0.1) is 6.92 Å². The topological polar surface area (TPSA) is 29.0 Å². The van der Waals surface area contributed by atoms with Crippen LogP contribution in [0.15, 0.2) is 6.33 Å². The molecule has 0 bridgehead atoms. The molecule has 0 spiro atoms. The molecule has 0 aliphatic rings. The third-order valence-corrected chi connectivity index (χ3v) is 3.08. The van der Waals surface area contributed by atoms with Crippen LogP contribution < -0.4 is 4.90 Å². The highest BCUT2D eigenvalue weighted by Crippen LogP contribution is 2.23. The maximum atomic E-state index is 5.96. The van der Waals surface area contributed by atoms with Crippen LogP contribution in [0.25, 0.3) is 0 Å². The molecule has 0 N–H and O–H groups in total. The Hall–Kier alpha value is -0.830. The van der Waals surface area contributed by atoms with Gasteiger partial charge in [-0.05, 0) is 20.3 Å². The lowest BCUT2D eigenvalue weighted by atomic mass is 10.1. The number of anilines is 1. The number of hydrogen-bond acceptors (Lipinski definition) is 3. The van der Waals surface area contributed by atoms with Gasteiger partial charge in [-0.2, -0.15) is 0 Å². The minimum atomic E-state index is 0.472. The van der Waals surface area contributed by atoms with Crippen molar-refractivity contribution in [3.8, 4) is 0 Å². The summed E-state index contributed by atoms with van der Waals surface area (Å²) >= 11 is 5.96. The van der Waals surface area contributed by atoms with E-state index < -0.39 is 0 Å². The van der Waals surface area contributed by atoms with Crippen molar-refractivity contribution < 1.29 is 0 Å². The summed E-state index contributed by atoms with van der Waals surface area (Å²) in [5, 5.41) is 0.538. The van der Waals surface area contributed by atoms with Crippen LogP contribution in [-0.2, 0) is 0 Å². The van der Waals surface area contributed by atoms with Crippen LogP contribution in [-0.4, -0.2) is 23.1 Å². The summed E-state index contributed by atoms with van der Waals surface area (Å²) in [6, 6.07) is 0.472. The van der Waals surface area contributed by atoms with Gasteiger partial charge in [0.25, 0.3) is 0 Å². The van der Waals surface area contributed by atoms with E-state index in [2.05, 4.69) is 28.7 Å². The van der Waals surface area contributed by atoms with Crippen molar-refractivity contribution in [2.75, 3.05) is 11.9 Å². The molecule has 1 unspecified atom stereocenters. The standard InChI is InChI=1S/C11H18ClN3/c1-5-6-8(2)15(4)11-9(3)10(12)13-7-14-11/h7-8H,5-6H2,1-4H3. The number of aromatic nitrogens is 2. The third-order valence-electron chi connectivity index (χ3n) is 2.70. The van der Waals surface area contributed by atoms with Crippen molar-refractivity contribution in [3.05, 3.63) is 17.0 Å². The molecule has 0 aliphatic heterocycles. The Morgan fingerprint density at radius 2 is 2.13 bits per heavy atom. The van der Waals surface area contributed by atoms with Crippen molar-refractivity contribution in [1.82, 2.24) is 9.97 Å². The van der Waals surface area contributed by atoms with E-state index in [0.29, 0.717) is 11.2 Å². The first-order valence-corrected chi connectivity index (χ1v) is 5.65. The number of hydrogen-bond donors (Lipinski definition) is 0. The fraction of sp³-hybridized carbons (Fsp3) is 0.636. The van der Waals surface area contributed by atoms with Gasteiger partial charge in [-0.25, -0.2) is 9.97 Å². The molecule has 1 aromatic heterocycles. The quantitative estimate of drug-likeness (QED) is 0.741. The van der Waals surface area contributed by atoms with Gasteiger partial charge in [0, 0.05) is 18.7 Å². The highest BCUT2D eigenvalue weighted by atomic mass is 35.5.